The summed E-state index contributed by atoms with van der Waals surface area (Å²) in [5.41, 5.74) is 1.49. The summed E-state index contributed by atoms with van der Waals surface area (Å²) in [4.78, 5) is 24.9. The summed E-state index contributed by atoms with van der Waals surface area (Å²) in [5.74, 6) is 0.583. The molecule has 0 radical (unpaired) electrons. The van der Waals surface area contributed by atoms with Gasteiger partial charge >= 0.3 is 0 Å². The van der Waals surface area contributed by atoms with Crippen LogP contribution in [0.1, 0.15) is 15.2 Å². The van der Waals surface area contributed by atoms with Gasteiger partial charge in [-0.15, -0.1) is 11.3 Å². The average Bonchev–Trinajstić information content (AvgIpc) is 3.18. The van der Waals surface area contributed by atoms with Gasteiger partial charge in [0.1, 0.15) is 0 Å². The number of thiophene rings is 1. The summed E-state index contributed by atoms with van der Waals surface area (Å²) in [7, 11) is 1.52. The molecular weight excluding hydrogens is 454 g/mol. The van der Waals surface area contributed by atoms with Crippen molar-refractivity contribution in [2.24, 2.45) is 0 Å². The molecule has 2 aromatic carbocycles. The lowest BCUT2D eigenvalue weighted by molar-refractivity contribution is -0.118. The Morgan fingerprint density at radius 2 is 1.90 bits per heavy atom. The SMILES string of the molecule is COc1cc(/C=C/C(=O)c2cc(Br)cs2)ccc1OCC(=O)Nc1ccccc1. The summed E-state index contributed by atoms with van der Waals surface area (Å²) >= 11 is 4.72. The van der Waals surface area contributed by atoms with Gasteiger partial charge in [-0.3, -0.25) is 9.59 Å². The predicted molar refractivity (Wildman–Crippen MR) is 119 cm³/mol. The molecule has 3 rings (SSSR count). The third-order valence-corrected chi connectivity index (χ3v) is 5.55. The summed E-state index contributed by atoms with van der Waals surface area (Å²) in [5, 5.41) is 4.62. The summed E-state index contributed by atoms with van der Waals surface area (Å²) in [6.45, 7) is -0.147. The van der Waals surface area contributed by atoms with Gasteiger partial charge in [-0.25, -0.2) is 0 Å². The van der Waals surface area contributed by atoms with Crippen molar-refractivity contribution >= 4 is 50.7 Å². The zero-order valence-electron chi connectivity index (χ0n) is 15.6. The normalized spacial score (nSPS) is 10.7. The number of carbonyl (C=O) groups excluding carboxylic acids is 2. The van der Waals surface area contributed by atoms with E-state index < -0.39 is 0 Å². The van der Waals surface area contributed by atoms with Crippen LogP contribution in [0, 0.1) is 0 Å². The third-order valence-electron chi connectivity index (χ3n) is 3.84. The Labute approximate surface area is 181 Å². The topological polar surface area (TPSA) is 64.6 Å². The first kappa shape index (κ1) is 20.8. The monoisotopic (exact) mass is 471 g/mol. The second-order valence-electron chi connectivity index (χ2n) is 5.94. The molecule has 29 heavy (non-hydrogen) atoms. The minimum absolute atomic E-state index is 0.0717. The van der Waals surface area contributed by atoms with E-state index in [1.807, 2.05) is 23.6 Å². The average molecular weight is 472 g/mol. The zero-order chi connectivity index (χ0) is 20.6. The number of nitrogens with one attached hydrogen (secondary N) is 1. The number of amides is 1. The van der Waals surface area contributed by atoms with E-state index in [-0.39, 0.29) is 18.3 Å². The highest BCUT2D eigenvalue weighted by Gasteiger charge is 2.09. The van der Waals surface area contributed by atoms with Crippen molar-refractivity contribution < 1.29 is 19.1 Å². The fourth-order valence-corrected chi connectivity index (χ4v) is 3.81. The largest absolute Gasteiger partial charge is 0.493 e. The van der Waals surface area contributed by atoms with Gasteiger partial charge in [-0.1, -0.05) is 30.3 Å². The molecule has 0 aliphatic heterocycles. The number of para-hydroxylation sites is 1. The Kier molecular flexibility index (Phi) is 7.21. The van der Waals surface area contributed by atoms with E-state index in [1.54, 1.807) is 42.5 Å². The second-order valence-corrected chi connectivity index (χ2v) is 7.77. The maximum atomic E-state index is 12.2. The smallest absolute Gasteiger partial charge is 0.262 e. The highest BCUT2D eigenvalue weighted by Crippen LogP contribution is 2.29. The molecule has 1 amide bonds. The lowest BCUT2D eigenvalue weighted by Crippen LogP contribution is -2.20. The Balaban J connectivity index is 1.61. The van der Waals surface area contributed by atoms with Gasteiger partial charge in [0.05, 0.1) is 12.0 Å². The fraction of sp³-hybridized carbons (Fsp3) is 0.0909. The van der Waals surface area contributed by atoms with Gasteiger partial charge < -0.3 is 14.8 Å². The van der Waals surface area contributed by atoms with E-state index in [0.717, 1.165) is 10.0 Å². The van der Waals surface area contributed by atoms with Gasteiger partial charge in [0, 0.05) is 15.5 Å². The van der Waals surface area contributed by atoms with Crippen LogP contribution in [0.15, 0.2) is 70.5 Å². The molecule has 0 bridgehead atoms. The summed E-state index contributed by atoms with van der Waals surface area (Å²) < 4.78 is 11.8. The van der Waals surface area contributed by atoms with E-state index in [0.29, 0.717) is 22.1 Å². The molecule has 0 saturated heterocycles. The van der Waals surface area contributed by atoms with Crippen molar-refractivity contribution in [1.29, 1.82) is 0 Å². The van der Waals surface area contributed by atoms with Crippen LogP contribution in [0.4, 0.5) is 5.69 Å². The number of halogens is 1. The van der Waals surface area contributed by atoms with Crippen molar-refractivity contribution in [2.45, 2.75) is 0 Å². The summed E-state index contributed by atoms with van der Waals surface area (Å²) in [6.07, 6.45) is 3.23. The van der Waals surface area contributed by atoms with Crippen molar-refractivity contribution in [3.8, 4) is 11.5 Å². The van der Waals surface area contributed by atoms with Crippen LogP contribution in [0.2, 0.25) is 0 Å². The summed E-state index contributed by atoms with van der Waals surface area (Å²) in [6, 6.07) is 16.2. The van der Waals surface area contributed by atoms with Crippen molar-refractivity contribution in [3.05, 3.63) is 81.0 Å². The molecule has 148 valence electrons. The van der Waals surface area contributed by atoms with Gasteiger partial charge in [-0.05, 0) is 57.9 Å². The minimum atomic E-state index is -0.269. The number of ketones is 1. The zero-order valence-corrected chi connectivity index (χ0v) is 18.0. The van der Waals surface area contributed by atoms with E-state index in [1.165, 1.54) is 24.5 Å². The first-order valence-electron chi connectivity index (χ1n) is 8.67. The molecule has 1 heterocycles. The highest BCUT2D eigenvalue weighted by molar-refractivity contribution is 9.10. The van der Waals surface area contributed by atoms with Crippen LogP contribution in [0.25, 0.3) is 6.08 Å². The molecule has 5 nitrogen and oxygen atoms in total. The van der Waals surface area contributed by atoms with Crippen LogP contribution in [0.5, 0.6) is 11.5 Å². The van der Waals surface area contributed by atoms with E-state index in [4.69, 9.17) is 9.47 Å². The Morgan fingerprint density at radius 1 is 1.10 bits per heavy atom. The number of benzene rings is 2. The number of hydrogen-bond donors (Lipinski definition) is 1. The van der Waals surface area contributed by atoms with Gasteiger partial charge in [0.15, 0.2) is 23.9 Å². The molecule has 1 aromatic heterocycles. The van der Waals surface area contributed by atoms with Crippen LogP contribution in [-0.2, 0) is 4.79 Å². The quantitative estimate of drug-likeness (QED) is 0.351. The third kappa shape index (κ3) is 6.04. The van der Waals surface area contributed by atoms with E-state index in [9.17, 15) is 9.59 Å². The van der Waals surface area contributed by atoms with Crippen LogP contribution in [-0.4, -0.2) is 25.4 Å². The molecule has 0 aliphatic rings. The number of carbonyl (C=O) groups is 2. The first-order valence-corrected chi connectivity index (χ1v) is 10.3. The van der Waals surface area contributed by atoms with Crippen LogP contribution >= 0.6 is 27.3 Å². The maximum Gasteiger partial charge on any atom is 0.262 e. The van der Waals surface area contributed by atoms with Crippen LogP contribution < -0.4 is 14.8 Å². The number of methoxy groups -OCH3 is 1. The van der Waals surface area contributed by atoms with Gasteiger partial charge in [0.25, 0.3) is 5.91 Å². The Morgan fingerprint density at radius 3 is 2.59 bits per heavy atom. The number of ether oxygens (including phenoxy) is 2. The number of allylic oxidation sites excluding steroid dienone is 1. The van der Waals surface area contributed by atoms with Crippen molar-refractivity contribution in [2.75, 3.05) is 19.0 Å². The number of anilines is 1. The molecule has 0 aliphatic carbocycles. The molecule has 7 heteroatoms. The van der Waals surface area contributed by atoms with Crippen molar-refractivity contribution in [1.82, 2.24) is 0 Å². The van der Waals surface area contributed by atoms with Gasteiger partial charge in [-0.2, -0.15) is 0 Å². The molecular formula is C22H18BrNO4S. The van der Waals surface area contributed by atoms with E-state index >= 15 is 0 Å². The van der Waals surface area contributed by atoms with E-state index in [2.05, 4.69) is 21.2 Å². The first-order chi connectivity index (χ1) is 14.0. The lowest BCUT2D eigenvalue weighted by Gasteiger charge is -2.11. The predicted octanol–water partition coefficient (Wildman–Crippen LogP) is 5.43. The molecule has 1 N–H and O–H groups in total. The second kappa shape index (κ2) is 10.0. The maximum absolute atomic E-state index is 12.2. The van der Waals surface area contributed by atoms with Gasteiger partial charge in [0.2, 0.25) is 0 Å². The van der Waals surface area contributed by atoms with Crippen LogP contribution in [0.3, 0.4) is 0 Å². The molecule has 0 spiro atoms. The Bertz CT molecular complexity index is 1030. The molecule has 0 atom stereocenters. The number of rotatable bonds is 8. The lowest BCUT2D eigenvalue weighted by atomic mass is 10.1. The minimum Gasteiger partial charge on any atom is -0.493 e. The Hall–Kier alpha value is -2.90. The van der Waals surface area contributed by atoms with Crippen molar-refractivity contribution in [3.63, 3.8) is 0 Å². The fourth-order valence-electron chi connectivity index (χ4n) is 2.47. The standard InChI is InChI=1S/C22H18BrNO4S/c1-27-20-11-15(7-9-18(25)21-12-16(23)14-29-21)8-10-19(20)28-13-22(26)24-17-5-3-2-4-6-17/h2-12,14H,13H2,1H3,(H,24,26)/b9-7+. The molecule has 0 fully saturated rings. The highest BCUT2D eigenvalue weighted by atomic mass is 79.9. The number of hydrogen-bond acceptors (Lipinski definition) is 5. The molecule has 3 aromatic rings. The molecule has 0 unspecified atom stereocenters. The molecule has 0 saturated carbocycles.